The maximum Gasteiger partial charge on any atom is 0.341 e. The first-order valence-electron chi connectivity index (χ1n) is 5.70. The largest absolute Gasteiger partial charge is 0.477 e. The van der Waals surface area contributed by atoms with E-state index in [9.17, 15) is 19.3 Å². The molecule has 0 unspecified atom stereocenters. The third-order valence-corrected chi connectivity index (χ3v) is 2.57. The van der Waals surface area contributed by atoms with Crippen LogP contribution in [0.15, 0.2) is 30.5 Å². The minimum absolute atomic E-state index is 0.209. The Morgan fingerprint density at radius 3 is 2.76 bits per heavy atom. The van der Waals surface area contributed by atoms with Crippen LogP contribution in [0.4, 0.5) is 10.1 Å². The summed E-state index contributed by atoms with van der Waals surface area (Å²) in [5, 5.41) is 19.7. The van der Waals surface area contributed by atoms with Crippen LogP contribution >= 0.6 is 0 Å². The number of carboxylic acids is 1. The van der Waals surface area contributed by atoms with Gasteiger partial charge in [-0.2, -0.15) is 0 Å². The monoisotopic (exact) mass is 292 g/mol. The molecule has 0 saturated carbocycles. The van der Waals surface area contributed by atoms with Gasteiger partial charge in [0, 0.05) is 6.07 Å². The van der Waals surface area contributed by atoms with E-state index in [1.807, 2.05) is 0 Å². The standard InChI is InChI=1S/C13H9FN2O5/c1-7-2-3-10(14)11(4-7)21-12-9(13(17)18)5-8(6-15-12)16(19)20/h2-6H,1H3,(H,17,18). The van der Waals surface area contributed by atoms with Gasteiger partial charge in [0.2, 0.25) is 5.88 Å². The fourth-order valence-corrected chi connectivity index (χ4v) is 1.57. The Morgan fingerprint density at radius 2 is 2.14 bits per heavy atom. The molecule has 0 bridgehead atoms. The molecule has 0 fully saturated rings. The molecule has 2 aromatic rings. The second-order valence-corrected chi connectivity index (χ2v) is 4.14. The van der Waals surface area contributed by atoms with Crippen LogP contribution in [-0.2, 0) is 0 Å². The van der Waals surface area contributed by atoms with Crippen molar-refractivity contribution in [1.29, 1.82) is 0 Å². The molecule has 0 saturated heterocycles. The summed E-state index contributed by atoms with van der Waals surface area (Å²) in [6.07, 6.45) is 0.843. The van der Waals surface area contributed by atoms with Crippen LogP contribution < -0.4 is 4.74 Å². The highest BCUT2D eigenvalue weighted by atomic mass is 19.1. The molecular formula is C13H9FN2O5. The fourth-order valence-electron chi connectivity index (χ4n) is 1.57. The van der Waals surface area contributed by atoms with Crippen molar-refractivity contribution in [2.75, 3.05) is 0 Å². The van der Waals surface area contributed by atoms with Crippen molar-refractivity contribution in [2.24, 2.45) is 0 Å². The highest BCUT2D eigenvalue weighted by Crippen LogP contribution is 2.28. The number of rotatable bonds is 4. The summed E-state index contributed by atoms with van der Waals surface area (Å²) in [7, 11) is 0. The molecule has 1 heterocycles. The van der Waals surface area contributed by atoms with Crippen molar-refractivity contribution in [2.45, 2.75) is 6.92 Å². The van der Waals surface area contributed by atoms with Gasteiger partial charge < -0.3 is 9.84 Å². The van der Waals surface area contributed by atoms with Crippen molar-refractivity contribution in [3.63, 3.8) is 0 Å². The Morgan fingerprint density at radius 1 is 1.43 bits per heavy atom. The summed E-state index contributed by atoms with van der Waals surface area (Å²) in [5.41, 5.74) is -0.320. The Kier molecular flexibility index (Phi) is 3.79. The van der Waals surface area contributed by atoms with Gasteiger partial charge in [-0.15, -0.1) is 0 Å². The van der Waals surface area contributed by atoms with Crippen LogP contribution in [0, 0.1) is 22.9 Å². The van der Waals surface area contributed by atoms with Gasteiger partial charge in [0.1, 0.15) is 11.8 Å². The summed E-state index contributed by atoms with van der Waals surface area (Å²) in [6.45, 7) is 1.70. The summed E-state index contributed by atoms with van der Waals surface area (Å²) in [5.74, 6) is -2.79. The predicted molar refractivity (Wildman–Crippen MR) is 69.1 cm³/mol. The van der Waals surface area contributed by atoms with Gasteiger partial charge in [-0.25, -0.2) is 14.2 Å². The Balaban J connectivity index is 2.46. The minimum atomic E-state index is -1.46. The number of benzene rings is 1. The number of nitro groups is 1. The molecule has 108 valence electrons. The molecule has 1 aromatic heterocycles. The predicted octanol–water partition coefficient (Wildman–Crippen LogP) is 2.93. The lowest BCUT2D eigenvalue weighted by molar-refractivity contribution is -0.385. The van der Waals surface area contributed by atoms with Gasteiger partial charge >= 0.3 is 5.97 Å². The molecule has 0 atom stereocenters. The van der Waals surface area contributed by atoms with Gasteiger partial charge in [0.05, 0.1) is 4.92 Å². The topological polar surface area (TPSA) is 103 Å². The molecule has 0 aliphatic rings. The molecule has 2 rings (SSSR count). The van der Waals surface area contributed by atoms with Gasteiger partial charge in [-0.1, -0.05) is 6.07 Å². The number of hydrogen-bond acceptors (Lipinski definition) is 5. The third-order valence-electron chi connectivity index (χ3n) is 2.57. The zero-order chi connectivity index (χ0) is 15.6. The Hall–Kier alpha value is -3.03. The quantitative estimate of drug-likeness (QED) is 0.686. The second-order valence-electron chi connectivity index (χ2n) is 4.14. The van der Waals surface area contributed by atoms with Crippen molar-refractivity contribution >= 4 is 11.7 Å². The van der Waals surface area contributed by atoms with Crippen molar-refractivity contribution in [3.8, 4) is 11.6 Å². The number of halogens is 1. The molecule has 8 heteroatoms. The van der Waals surface area contributed by atoms with Crippen LogP contribution in [0.1, 0.15) is 15.9 Å². The number of hydrogen-bond donors (Lipinski definition) is 1. The van der Waals surface area contributed by atoms with Crippen molar-refractivity contribution < 1.29 is 24.0 Å². The Labute approximate surface area is 117 Å². The number of carboxylic acid groups (broad SMARTS) is 1. The number of aromatic carboxylic acids is 1. The van der Waals surface area contributed by atoms with E-state index in [4.69, 9.17) is 9.84 Å². The smallest absolute Gasteiger partial charge is 0.341 e. The summed E-state index contributed by atoms with van der Waals surface area (Å²) in [4.78, 5) is 24.5. The second kappa shape index (κ2) is 5.53. The number of ether oxygens (including phenoxy) is 1. The molecule has 7 nitrogen and oxygen atoms in total. The first-order chi connectivity index (χ1) is 9.88. The number of aromatic nitrogens is 1. The minimum Gasteiger partial charge on any atom is -0.477 e. The van der Waals surface area contributed by atoms with E-state index in [2.05, 4.69) is 4.98 Å². The highest BCUT2D eigenvalue weighted by Gasteiger charge is 2.20. The number of aryl methyl sites for hydroxylation is 1. The lowest BCUT2D eigenvalue weighted by atomic mass is 10.2. The van der Waals surface area contributed by atoms with Crippen LogP contribution in [-0.4, -0.2) is 21.0 Å². The van der Waals surface area contributed by atoms with E-state index in [-0.39, 0.29) is 5.75 Å². The van der Waals surface area contributed by atoms with E-state index < -0.39 is 33.8 Å². The molecule has 0 radical (unpaired) electrons. The van der Waals surface area contributed by atoms with E-state index in [0.29, 0.717) is 5.56 Å². The van der Waals surface area contributed by atoms with Crippen molar-refractivity contribution in [3.05, 3.63) is 57.5 Å². The van der Waals surface area contributed by atoms with E-state index >= 15 is 0 Å². The number of carbonyl (C=O) groups is 1. The SMILES string of the molecule is Cc1ccc(F)c(Oc2ncc([N+](=O)[O-])cc2C(=O)O)c1. The highest BCUT2D eigenvalue weighted by molar-refractivity contribution is 5.91. The number of pyridine rings is 1. The van der Waals surface area contributed by atoms with E-state index in [1.165, 1.54) is 12.1 Å². The van der Waals surface area contributed by atoms with Gasteiger partial charge in [-0.05, 0) is 24.6 Å². The summed E-state index contributed by atoms with van der Waals surface area (Å²) in [6, 6.07) is 4.85. The van der Waals surface area contributed by atoms with E-state index in [0.717, 1.165) is 18.3 Å². The zero-order valence-electron chi connectivity index (χ0n) is 10.7. The third kappa shape index (κ3) is 3.11. The fraction of sp³-hybridized carbons (Fsp3) is 0.0769. The van der Waals surface area contributed by atoms with Crippen LogP contribution in [0.3, 0.4) is 0 Å². The maximum atomic E-state index is 13.6. The molecule has 0 aliphatic carbocycles. The molecule has 21 heavy (non-hydrogen) atoms. The van der Waals surface area contributed by atoms with Gasteiger partial charge in [-0.3, -0.25) is 10.1 Å². The normalized spacial score (nSPS) is 10.2. The first-order valence-corrected chi connectivity index (χ1v) is 5.70. The maximum absolute atomic E-state index is 13.6. The first kappa shape index (κ1) is 14.4. The number of nitrogens with zero attached hydrogens (tertiary/aromatic N) is 2. The van der Waals surface area contributed by atoms with Gasteiger partial charge in [0.25, 0.3) is 5.69 Å². The van der Waals surface area contributed by atoms with Crippen LogP contribution in [0.5, 0.6) is 11.6 Å². The molecule has 0 aliphatic heterocycles. The zero-order valence-corrected chi connectivity index (χ0v) is 10.7. The average molecular weight is 292 g/mol. The van der Waals surface area contributed by atoms with E-state index in [1.54, 1.807) is 6.92 Å². The van der Waals surface area contributed by atoms with Crippen molar-refractivity contribution in [1.82, 2.24) is 4.98 Å². The van der Waals surface area contributed by atoms with Crippen LogP contribution in [0.25, 0.3) is 0 Å². The molecule has 1 aromatic carbocycles. The molecule has 1 N–H and O–H groups in total. The summed E-state index contributed by atoms with van der Waals surface area (Å²) < 4.78 is 18.7. The molecule has 0 amide bonds. The van der Waals surface area contributed by atoms with Gasteiger partial charge in [0.15, 0.2) is 11.6 Å². The average Bonchev–Trinajstić information content (AvgIpc) is 2.42. The Bertz CT molecular complexity index is 732. The summed E-state index contributed by atoms with van der Waals surface area (Å²) >= 11 is 0. The van der Waals surface area contributed by atoms with Crippen LogP contribution in [0.2, 0.25) is 0 Å². The lowest BCUT2D eigenvalue weighted by Gasteiger charge is -2.08. The molecule has 0 spiro atoms. The lowest BCUT2D eigenvalue weighted by Crippen LogP contribution is -2.04. The molecular weight excluding hydrogens is 283 g/mol.